The van der Waals surface area contributed by atoms with Gasteiger partial charge in [0.25, 0.3) is 0 Å². The van der Waals surface area contributed by atoms with Gasteiger partial charge in [0.15, 0.2) is 5.78 Å². The third-order valence-corrected chi connectivity index (χ3v) is 2.08. The number of halogens is 1. The fourth-order valence-electron chi connectivity index (χ4n) is 1.19. The second-order valence-corrected chi connectivity index (χ2v) is 4.03. The van der Waals surface area contributed by atoms with E-state index in [0.29, 0.717) is 17.2 Å². The van der Waals surface area contributed by atoms with Gasteiger partial charge in [0, 0.05) is 12.1 Å². The number of hydrogen-bond acceptors (Lipinski definition) is 2. The van der Waals surface area contributed by atoms with E-state index in [1.54, 1.807) is 12.1 Å². The summed E-state index contributed by atoms with van der Waals surface area (Å²) in [5.41, 5.74) is 0.858. The molecule has 0 heterocycles. The van der Waals surface area contributed by atoms with Crippen LogP contribution in [0.2, 0.25) is 0 Å². The van der Waals surface area contributed by atoms with E-state index < -0.39 is 0 Å². The molecule has 2 nitrogen and oxygen atoms in total. The van der Waals surface area contributed by atoms with E-state index in [1.807, 2.05) is 0 Å². The molecule has 1 aromatic rings. The molecule has 0 fully saturated rings. The monoisotopic (exact) mass is 209 g/mol. The highest BCUT2D eigenvalue weighted by molar-refractivity contribution is 5.94. The van der Waals surface area contributed by atoms with Crippen molar-refractivity contribution in [1.82, 2.24) is 0 Å². The number of nitrogens with one attached hydrogen (secondary N) is 1. The zero-order valence-electron chi connectivity index (χ0n) is 9.30. The Hall–Kier alpha value is -1.38. The topological polar surface area (TPSA) is 29.1 Å². The van der Waals surface area contributed by atoms with Crippen LogP contribution in [0.15, 0.2) is 18.2 Å². The van der Waals surface area contributed by atoms with Crippen molar-refractivity contribution in [1.29, 1.82) is 0 Å². The van der Waals surface area contributed by atoms with Crippen LogP contribution in [0.25, 0.3) is 0 Å². The van der Waals surface area contributed by atoms with Gasteiger partial charge >= 0.3 is 0 Å². The molecule has 0 aliphatic heterocycles. The van der Waals surface area contributed by atoms with Gasteiger partial charge in [0.05, 0.1) is 5.69 Å². The van der Waals surface area contributed by atoms with E-state index >= 15 is 0 Å². The van der Waals surface area contributed by atoms with Gasteiger partial charge in [-0.1, -0.05) is 13.8 Å². The molecule has 0 bridgehead atoms. The van der Waals surface area contributed by atoms with Crippen molar-refractivity contribution in [2.75, 3.05) is 11.9 Å². The van der Waals surface area contributed by atoms with Crippen LogP contribution in [0.1, 0.15) is 31.1 Å². The minimum Gasteiger partial charge on any atom is -0.382 e. The van der Waals surface area contributed by atoms with Gasteiger partial charge in [-0.15, -0.1) is 0 Å². The summed E-state index contributed by atoms with van der Waals surface area (Å²) in [5.74, 6) is -0.0375. The van der Waals surface area contributed by atoms with Crippen LogP contribution < -0.4 is 5.32 Å². The van der Waals surface area contributed by atoms with Gasteiger partial charge in [0.1, 0.15) is 5.82 Å². The molecule has 0 atom stereocenters. The molecular weight excluding hydrogens is 193 g/mol. The van der Waals surface area contributed by atoms with Crippen molar-refractivity contribution in [3.63, 3.8) is 0 Å². The largest absolute Gasteiger partial charge is 0.382 e. The first-order chi connectivity index (χ1) is 7.00. The van der Waals surface area contributed by atoms with Gasteiger partial charge in [-0.2, -0.15) is 0 Å². The normalized spacial score (nSPS) is 10.5. The van der Waals surface area contributed by atoms with E-state index in [4.69, 9.17) is 0 Å². The standard InChI is InChI=1S/C12H16FNO/c1-8(2)7-14-12-5-4-10(9(3)15)6-11(12)13/h4-6,8,14H,7H2,1-3H3. The molecule has 0 saturated heterocycles. The summed E-state index contributed by atoms with van der Waals surface area (Å²) in [4.78, 5) is 11.0. The highest BCUT2D eigenvalue weighted by Gasteiger charge is 2.06. The summed E-state index contributed by atoms with van der Waals surface area (Å²) in [6.45, 7) is 6.25. The van der Waals surface area contributed by atoms with E-state index in [2.05, 4.69) is 19.2 Å². The van der Waals surface area contributed by atoms with Crippen LogP contribution >= 0.6 is 0 Å². The molecule has 0 unspecified atom stereocenters. The lowest BCUT2D eigenvalue weighted by molar-refractivity contribution is 0.101. The number of hydrogen-bond donors (Lipinski definition) is 1. The van der Waals surface area contributed by atoms with Crippen molar-refractivity contribution < 1.29 is 9.18 Å². The fraction of sp³-hybridized carbons (Fsp3) is 0.417. The Labute approximate surface area is 89.5 Å². The Morgan fingerprint density at radius 2 is 2.13 bits per heavy atom. The molecule has 1 rings (SSSR count). The van der Waals surface area contributed by atoms with Gasteiger partial charge < -0.3 is 5.32 Å². The molecule has 1 N–H and O–H groups in total. The van der Waals surface area contributed by atoms with E-state index in [0.717, 1.165) is 6.54 Å². The van der Waals surface area contributed by atoms with Crippen molar-refractivity contribution in [3.8, 4) is 0 Å². The Balaban J connectivity index is 2.79. The number of carbonyl (C=O) groups excluding carboxylic acids is 1. The third kappa shape index (κ3) is 3.35. The molecule has 0 aromatic heterocycles. The summed E-state index contributed by atoms with van der Waals surface area (Å²) in [6.07, 6.45) is 0. The van der Waals surface area contributed by atoms with E-state index in [-0.39, 0.29) is 11.6 Å². The van der Waals surface area contributed by atoms with Crippen LogP contribution in [0.3, 0.4) is 0 Å². The Kier molecular flexibility index (Phi) is 3.83. The lowest BCUT2D eigenvalue weighted by Crippen LogP contribution is -2.09. The maximum Gasteiger partial charge on any atom is 0.159 e. The van der Waals surface area contributed by atoms with E-state index in [1.165, 1.54) is 13.0 Å². The quantitative estimate of drug-likeness (QED) is 0.772. The smallest absolute Gasteiger partial charge is 0.159 e. The average molecular weight is 209 g/mol. The Morgan fingerprint density at radius 1 is 1.47 bits per heavy atom. The molecule has 3 heteroatoms. The van der Waals surface area contributed by atoms with Gasteiger partial charge in [-0.25, -0.2) is 4.39 Å². The average Bonchev–Trinajstić information content (AvgIpc) is 2.15. The summed E-state index contributed by atoms with van der Waals surface area (Å²) in [7, 11) is 0. The zero-order chi connectivity index (χ0) is 11.4. The maximum atomic E-state index is 13.4. The van der Waals surface area contributed by atoms with Gasteiger partial charge in [0.2, 0.25) is 0 Å². The molecule has 0 spiro atoms. The highest BCUT2D eigenvalue weighted by Crippen LogP contribution is 2.16. The molecular formula is C12H16FNO. The maximum absolute atomic E-state index is 13.4. The number of Topliss-reactive ketones (excluding diaryl/α,β-unsaturated/α-hetero) is 1. The van der Waals surface area contributed by atoms with Crippen LogP contribution in [-0.4, -0.2) is 12.3 Å². The van der Waals surface area contributed by atoms with Crippen LogP contribution in [-0.2, 0) is 0 Å². The number of benzene rings is 1. The highest BCUT2D eigenvalue weighted by atomic mass is 19.1. The van der Waals surface area contributed by atoms with Gasteiger partial charge in [-0.3, -0.25) is 4.79 Å². The lowest BCUT2D eigenvalue weighted by Gasteiger charge is -2.10. The first-order valence-electron chi connectivity index (χ1n) is 5.05. The van der Waals surface area contributed by atoms with Crippen LogP contribution in [0.5, 0.6) is 0 Å². The third-order valence-electron chi connectivity index (χ3n) is 2.08. The number of rotatable bonds is 4. The first kappa shape index (κ1) is 11.7. The summed E-state index contributed by atoms with van der Waals surface area (Å²) < 4.78 is 13.4. The number of ketones is 1. The lowest BCUT2D eigenvalue weighted by atomic mass is 10.1. The zero-order valence-corrected chi connectivity index (χ0v) is 9.30. The van der Waals surface area contributed by atoms with Crippen LogP contribution in [0, 0.1) is 11.7 Å². The predicted octanol–water partition coefficient (Wildman–Crippen LogP) is 3.10. The molecule has 1 aromatic carbocycles. The van der Waals surface area contributed by atoms with Crippen molar-refractivity contribution in [2.45, 2.75) is 20.8 Å². The molecule has 0 amide bonds. The number of anilines is 1. The summed E-state index contributed by atoms with van der Waals surface area (Å²) in [6, 6.07) is 4.51. The molecule has 0 radical (unpaired) electrons. The second kappa shape index (κ2) is 4.91. The van der Waals surface area contributed by atoms with Crippen molar-refractivity contribution in [3.05, 3.63) is 29.6 Å². The molecule has 0 aliphatic carbocycles. The molecule has 0 saturated carbocycles. The van der Waals surface area contributed by atoms with Crippen molar-refractivity contribution >= 4 is 11.5 Å². The second-order valence-electron chi connectivity index (χ2n) is 4.03. The van der Waals surface area contributed by atoms with Crippen LogP contribution in [0.4, 0.5) is 10.1 Å². The molecule has 82 valence electrons. The Morgan fingerprint density at radius 3 is 2.60 bits per heavy atom. The molecule has 0 aliphatic rings. The van der Waals surface area contributed by atoms with Crippen molar-refractivity contribution in [2.24, 2.45) is 5.92 Å². The minimum atomic E-state index is -0.372. The summed E-state index contributed by atoms with van der Waals surface area (Å²) in [5, 5.41) is 2.99. The summed E-state index contributed by atoms with van der Waals surface area (Å²) >= 11 is 0. The van der Waals surface area contributed by atoms with E-state index in [9.17, 15) is 9.18 Å². The SMILES string of the molecule is CC(=O)c1ccc(NCC(C)C)c(F)c1. The predicted molar refractivity (Wildman–Crippen MR) is 59.7 cm³/mol. The minimum absolute atomic E-state index is 0.121. The van der Waals surface area contributed by atoms with Gasteiger partial charge in [-0.05, 0) is 31.0 Å². The first-order valence-corrected chi connectivity index (χ1v) is 5.05. The molecule has 15 heavy (non-hydrogen) atoms. The Bertz CT molecular complexity index is 361. The number of carbonyl (C=O) groups is 1. The fourth-order valence-corrected chi connectivity index (χ4v) is 1.19.